The molecule has 2 unspecified atom stereocenters. The van der Waals surface area contributed by atoms with Gasteiger partial charge < -0.3 is 15.4 Å². The molecule has 0 aliphatic rings. The topological polar surface area (TPSA) is 72.6 Å². The fourth-order valence-corrected chi connectivity index (χ4v) is 1.41. The molecule has 0 heterocycles. The van der Waals surface area contributed by atoms with E-state index in [1.807, 2.05) is 6.92 Å². The minimum atomic E-state index is -1.20. The quantitative estimate of drug-likeness (QED) is 0.530. The van der Waals surface area contributed by atoms with E-state index in [-0.39, 0.29) is 12.5 Å². The van der Waals surface area contributed by atoms with Crippen molar-refractivity contribution in [2.45, 2.75) is 40.2 Å². The first-order chi connectivity index (χ1) is 7.97. The number of likely N-dealkylation sites (N-methyl/N-ethyl adjacent to an activating group) is 1. The summed E-state index contributed by atoms with van der Waals surface area (Å²) in [5.74, 6) is -0.611. The first-order valence-corrected chi connectivity index (χ1v) is 6.18. The molecule has 0 aliphatic heterocycles. The second-order valence-corrected chi connectivity index (χ2v) is 4.12. The van der Waals surface area contributed by atoms with E-state index in [9.17, 15) is 9.59 Å². The third-order valence-corrected chi connectivity index (χ3v) is 2.73. The minimum absolute atomic E-state index is 0.233. The number of carbonyl (C=O) groups is 2. The normalized spacial score (nSPS) is 13.9. The van der Waals surface area contributed by atoms with Crippen LogP contribution in [0.15, 0.2) is 0 Å². The number of amides is 1. The lowest BCUT2D eigenvalue weighted by Gasteiger charge is -2.26. The molecule has 0 saturated heterocycles. The lowest BCUT2D eigenvalue weighted by Crippen LogP contribution is -2.49. The fourth-order valence-electron chi connectivity index (χ4n) is 1.41. The van der Waals surface area contributed by atoms with E-state index in [1.54, 1.807) is 11.8 Å². The molecule has 0 aromatic heterocycles. The highest BCUT2D eigenvalue weighted by atomic mass is 16.5. The van der Waals surface area contributed by atoms with Gasteiger partial charge in [0.1, 0.15) is 0 Å². The molecular formula is C12H24N2O3. The predicted octanol–water partition coefficient (Wildman–Crippen LogP) is 0.771. The standard InChI is InChI=1S/C12H24N2O3/c1-5-9(4)8-14(6-2)11(15)10(13)12(16)17-7-3/h9-10H,5-8,13H2,1-4H3. The van der Waals surface area contributed by atoms with E-state index < -0.39 is 12.0 Å². The van der Waals surface area contributed by atoms with Crippen LogP contribution in [0.4, 0.5) is 0 Å². The van der Waals surface area contributed by atoms with E-state index in [1.165, 1.54) is 0 Å². The van der Waals surface area contributed by atoms with Crippen LogP contribution in [-0.4, -0.2) is 42.5 Å². The smallest absolute Gasteiger partial charge is 0.332 e. The first-order valence-electron chi connectivity index (χ1n) is 6.18. The Balaban J connectivity index is 4.47. The molecular weight excluding hydrogens is 220 g/mol. The van der Waals surface area contributed by atoms with Gasteiger partial charge in [-0.3, -0.25) is 4.79 Å². The van der Waals surface area contributed by atoms with Crippen LogP contribution < -0.4 is 5.73 Å². The first kappa shape index (κ1) is 15.9. The molecule has 0 aromatic carbocycles. The molecule has 17 heavy (non-hydrogen) atoms. The molecule has 2 N–H and O–H groups in total. The summed E-state index contributed by atoms with van der Waals surface area (Å²) in [5, 5.41) is 0. The number of carbonyl (C=O) groups excluding carboxylic acids is 2. The van der Waals surface area contributed by atoms with Crippen molar-refractivity contribution in [2.75, 3.05) is 19.7 Å². The number of nitrogens with zero attached hydrogens (tertiary/aromatic N) is 1. The van der Waals surface area contributed by atoms with Gasteiger partial charge in [0.2, 0.25) is 0 Å². The van der Waals surface area contributed by atoms with Crippen LogP contribution >= 0.6 is 0 Å². The van der Waals surface area contributed by atoms with Crippen LogP contribution in [0.5, 0.6) is 0 Å². The molecule has 5 heteroatoms. The summed E-state index contributed by atoms with van der Waals surface area (Å²) in [6, 6.07) is -1.20. The van der Waals surface area contributed by atoms with Crippen molar-refractivity contribution >= 4 is 11.9 Å². The second-order valence-electron chi connectivity index (χ2n) is 4.12. The summed E-state index contributed by atoms with van der Waals surface area (Å²) < 4.78 is 4.74. The predicted molar refractivity (Wildman–Crippen MR) is 66.3 cm³/mol. The third-order valence-electron chi connectivity index (χ3n) is 2.73. The molecule has 0 radical (unpaired) electrons. The van der Waals surface area contributed by atoms with Crippen molar-refractivity contribution < 1.29 is 14.3 Å². The largest absolute Gasteiger partial charge is 0.464 e. The zero-order valence-electron chi connectivity index (χ0n) is 11.2. The van der Waals surface area contributed by atoms with E-state index in [0.717, 1.165) is 6.42 Å². The molecule has 0 saturated carbocycles. The van der Waals surface area contributed by atoms with Gasteiger partial charge in [0.05, 0.1) is 6.61 Å². The summed E-state index contributed by atoms with van der Waals surface area (Å²) in [6.07, 6.45) is 0.985. The SMILES string of the molecule is CCOC(=O)C(N)C(=O)N(CC)CC(C)CC. The molecule has 1 amide bonds. The maximum atomic E-state index is 11.9. The highest BCUT2D eigenvalue weighted by Gasteiger charge is 2.27. The maximum Gasteiger partial charge on any atom is 0.332 e. The molecule has 0 spiro atoms. The van der Waals surface area contributed by atoms with Gasteiger partial charge >= 0.3 is 5.97 Å². The van der Waals surface area contributed by atoms with Crippen molar-refractivity contribution in [3.8, 4) is 0 Å². The number of ether oxygens (including phenoxy) is 1. The molecule has 0 rings (SSSR count). The minimum Gasteiger partial charge on any atom is -0.464 e. The zero-order valence-corrected chi connectivity index (χ0v) is 11.2. The molecule has 100 valence electrons. The van der Waals surface area contributed by atoms with Crippen LogP contribution in [0.25, 0.3) is 0 Å². The summed E-state index contributed by atoms with van der Waals surface area (Å²) in [6.45, 7) is 9.09. The molecule has 0 bridgehead atoms. The Bertz CT molecular complexity index is 256. The Morgan fingerprint density at radius 3 is 2.29 bits per heavy atom. The van der Waals surface area contributed by atoms with E-state index in [4.69, 9.17) is 10.5 Å². The lowest BCUT2D eigenvalue weighted by atomic mass is 10.1. The van der Waals surface area contributed by atoms with Crippen LogP contribution in [0.2, 0.25) is 0 Å². The van der Waals surface area contributed by atoms with Gasteiger partial charge in [-0.15, -0.1) is 0 Å². The average molecular weight is 244 g/mol. The third kappa shape index (κ3) is 5.17. The van der Waals surface area contributed by atoms with Gasteiger partial charge in [-0.25, -0.2) is 4.79 Å². The molecule has 0 aliphatic carbocycles. The average Bonchev–Trinajstić information content (AvgIpc) is 2.33. The van der Waals surface area contributed by atoms with Gasteiger partial charge in [-0.05, 0) is 19.8 Å². The van der Waals surface area contributed by atoms with E-state index in [0.29, 0.717) is 19.0 Å². The van der Waals surface area contributed by atoms with Gasteiger partial charge in [0.25, 0.3) is 5.91 Å². The Labute approximate surface area is 103 Å². The summed E-state index contributed by atoms with van der Waals surface area (Å²) in [4.78, 5) is 24.9. The van der Waals surface area contributed by atoms with Gasteiger partial charge in [0, 0.05) is 13.1 Å². The summed E-state index contributed by atoms with van der Waals surface area (Å²) >= 11 is 0. The Hall–Kier alpha value is -1.10. The highest BCUT2D eigenvalue weighted by molar-refractivity contribution is 6.01. The number of esters is 1. The van der Waals surface area contributed by atoms with Crippen molar-refractivity contribution in [3.05, 3.63) is 0 Å². The number of nitrogens with two attached hydrogens (primary N) is 1. The Morgan fingerprint density at radius 2 is 1.88 bits per heavy atom. The Morgan fingerprint density at radius 1 is 1.29 bits per heavy atom. The lowest BCUT2D eigenvalue weighted by molar-refractivity contribution is -0.151. The summed E-state index contributed by atoms with van der Waals surface area (Å²) in [7, 11) is 0. The zero-order chi connectivity index (χ0) is 13.4. The monoisotopic (exact) mass is 244 g/mol. The van der Waals surface area contributed by atoms with Crippen LogP contribution in [0, 0.1) is 5.92 Å². The molecule has 2 atom stereocenters. The number of hydrogen-bond acceptors (Lipinski definition) is 4. The van der Waals surface area contributed by atoms with E-state index in [2.05, 4.69) is 13.8 Å². The van der Waals surface area contributed by atoms with Crippen molar-refractivity contribution in [1.29, 1.82) is 0 Å². The van der Waals surface area contributed by atoms with Crippen molar-refractivity contribution in [1.82, 2.24) is 4.90 Å². The molecule has 0 fully saturated rings. The van der Waals surface area contributed by atoms with Crippen LogP contribution in [0.3, 0.4) is 0 Å². The molecule has 5 nitrogen and oxygen atoms in total. The van der Waals surface area contributed by atoms with Gasteiger partial charge in [-0.2, -0.15) is 0 Å². The van der Waals surface area contributed by atoms with Crippen molar-refractivity contribution in [3.63, 3.8) is 0 Å². The van der Waals surface area contributed by atoms with Crippen LogP contribution in [0.1, 0.15) is 34.1 Å². The van der Waals surface area contributed by atoms with Gasteiger partial charge in [-0.1, -0.05) is 20.3 Å². The highest BCUT2D eigenvalue weighted by Crippen LogP contribution is 2.06. The molecule has 0 aromatic rings. The summed E-state index contributed by atoms with van der Waals surface area (Å²) in [5.41, 5.74) is 5.57. The maximum absolute atomic E-state index is 11.9. The number of rotatable bonds is 7. The second kappa shape index (κ2) is 8.06. The van der Waals surface area contributed by atoms with Gasteiger partial charge in [0.15, 0.2) is 6.04 Å². The van der Waals surface area contributed by atoms with Crippen LogP contribution in [-0.2, 0) is 14.3 Å². The van der Waals surface area contributed by atoms with E-state index >= 15 is 0 Å². The Kier molecular flexibility index (Phi) is 7.54. The fraction of sp³-hybridized carbons (Fsp3) is 0.833. The van der Waals surface area contributed by atoms with Crippen molar-refractivity contribution in [2.24, 2.45) is 11.7 Å². The number of hydrogen-bond donors (Lipinski definition) is 1.